The van der Waals surface area contributed by atoms with E-state index in [0.29, 0.717) is 49.9 Å². The Bertz CT molecular complexity index is 1080. The highest BCUT2D eigenvalue weighted by Crippen LogP contribution is 2.28. The van der Waals surface area contributed by atoms with E-state index in [1.807, 2.05) is 23.1 Å². The van der Waals surface area contributed by atoms with E-state index >= 15 is 0 Å². The summed E-state index contributed by atoms with van der Waals surface area (Å²) in [5, 5.41) is 0.555. The molecule has 0 radical (unpaired) electrons. The van der Waals surface area contributed by atoms with E-state index in [2.05, 4.69) is 15.8 Å². The van der Waals surface area contributed by atoms with Gasteiger partial charge >= 0.3 is 0 Å². The molecule has 5 rings (SSSR count). The van der Waals surface area contributed by atoms with Gasteiger partial charge in [-0.2, -0.15) is 0 Å². The Balaban J connectivity index is 1.13. The molecule has 0 spiro atoms. The lowest BCUT2D eigenvalue weighted by Crippen LogP contribution is -2.55. The largest absolute Gasteiger partial charge is 0.339 e. The zero-order chi connectivity index (χ0) is 23.7. The fraction of sp³-hybridized carbons (Fsp3) is 0.417. The number of piperazine rings is 1. The molecule has 3 amide bonds. The van der Waals surface area contributed by atoms with Crippen molar-refractivity contribution in [1.82, 2.24) is 25.6 Å². The topological polar surface area (TPSA) is 97.9 Å². The van der Waals surface area contributed by atoms with Crippen molar-refractivity contribution in [1.29, 1.82) is 0 Å². The number of nitrogens with zero attached hydrogens (tertiary/aromatic N) is 4. The maximum Gasteiger partial charge on any atom is 0.241 e. The van der Waals surface area contributed by atoms with Gasteiger partial charge in [0.25, 0.3) is 0 Å². The Kier molecular flexibility index (Phi) is 6.49. The Morgan fingerprint density at radius 2 is 1.76 bits per heavy atom. The van der Waals surface area contributed by atoms with Crippen LogP contribution in [-0.2, 0) is 14.4 Å². The van der Waals surface area contributed by atoms with Crippen LogP contribution >= 0.6 is 11.6 Å². The second kappa shape index (κ2) is 9.69. The number of halogens is 1. The maximum absolute atomic E-state index is 13.1. The summed E-state index contributed by atoms with van der Waals surface area (Å²) < 4.78 is 0. The van der Waals surface area contributed by atoms with Crippen molar-refractivity contribution in [2.75, 3.05) is 37.6 Å². The van der Waals surface area contributed by atoms with Gasteiger partial charge in [-0.05, 0) is 36.2 Å². The number of hydrazine groups is 1. The molecule has 0 bridgehead atoms. The summed E-state index contributed by atoms with van der Waals surface area (Å²) in [5.74, 6) is -0.441. The highest BCUT2D eigenvalue weighted by Gasteiger charge is 2.39. The van der Waals surface area contributed by atoms with Gasteiger partial charge in [0, 0.05) is 68.3 Å². The molecule has 10 heteroatoms. The Hall–Kier alpha value is -3.01. The van der Waals surface area contributed by atoms with Crippen molar-refractivity contribution >= 4 is 35.0 Å². The number of aromatic nitrogens is 1. The molecule has 178 valence electrons. The standard InChI is InChI=1S/C24H27ClN6O3/c25-18-4-1-5-19(12-18)31-15-17(11-22(31)32)23(33)29-7-9-30(10-8-29)24(34)21-13-20(27-28-21)16-3-2-6-26-14-16/h1-6,12,14,17,20-21,27-28H,7-11,13,15H2. The van der Waals surface area contributed by atoms with E-state index in [0.717, 1.165) is 5.56 Å². The summed E-state index contributed by atoms with van der Waals surface area (Å²) in [7, 11) is 0. The number of benzene rings is 1. The quantitative estimate of drug-likeness (QED) is 0.683. The van der Waals surface area contributed by atoms with Crippen LogP contribution in [0.25, 0.3) is 0 Å². The molecule has 3 atom stereocenters. The number of rotatable bonds is 4. The van der Waals surface area contributed by atoms with E-state index in [1.165, 1.54) is 0 Å². The predicted molar refractivity (Wildman–Crippen MR) is 127 cm³/mol. The number of carbonyl (C=O) groups excluding carboxylic acids is 3. The summed E-state index contributed by atoms with van der Waals surface area (Å²) in [4.78, 5) is 48.0. The zero-order valence-corrected chi connectivity index (χ0v) is 19.4. The highest BCUT2D eigenvalue weighted by atomic mass is 35.5. The van der Waals surface area contributed by atoms with Gasteiger partial charge in [-0.3, -0.25) is 19.4 Å². The van der Waals surface area contributed by atoms with Crippen molar-refractivity contribution in [2.24, 2.45) is 5.92 Å². The molecule has 1 aromatic heterocycles. The van der Waals surface area contributed by atoms with Crippen LogP contribution in [0.1, 0.15) is 24.4 Å². The minimum atomic E-state index is -0.380. The fourth-order valence-electron chi connectivity index (χ4n) is 4.91. The van der Waals surface area contributed by atoms with Crippen molar-refractivity contribution in [3.63, 3.8) is 0 Å². The van der Waals surface area contributed by atoms with E-state index in [4.69, 9.17) is 11.6 Å². The first-order valence-corrected chi connectivity index (χ1v) is 11.9. The Labute approximate surface area is 203 Å². The molecular weight excluding hydrogens is 456 g/mol. The summed E-state index contributed by atoms with van der Waals surface area (Å²) in [6, 6.07) is 10.7. The Morgan fingerprint density at radius 1 is 1.00 bits per heavy atom. The lowest BCUT2D eigenvalue weighted by Gasteiger charge is -2.36. The van der Waals surface area contributed by atoms with Gasteiger partial charge in [0.1, 0.15) is 6.04 Å². The molecule has 3 unspecified atom stereocenters. The number of hydrogen-bond donors (Lipinski definition) is 2. The normalized spacial score (nSPS) is 25.1. The summed E-state index contributed by atoms with van der Waals surface area (Å²) in [5.41, 5.74) is 8.05. The first-order chi connectivity index (χ1) is 16.5. The van der Waals surface area contributed by atoms with Crippen molar-refractivity contribution < 1.29 is 14.4 Å². The van der Waals surface area contributed by atoms with Crippen LogP contribution in [0.4, 0.5) is 5.69 Å². The zero-order valence-electron chi connectivity index (χ0n) is 18.7. The lowest BCUT2D eigenvalue weighted by molar-refractivity contribution is -0.142. The van der Waals surface area contributed by atoms with Crippen molar-refractivity contribution in [3.8, 4) is 0 Å². The summed E-state index contributed by atoms with van der Waals surface area (Å²) in [6.45, 7) is 2.26. The molecule has 34 heavy (non-hydrogen) atoms. The van der Waals surface area contributed by atoms with Crippen molar-refractivity contribution in [3.05, 3.63) is 59.4 Å². The van der Waals surface area contributed by atoms with Crippen molar-refractivity contribution in [2.45, 2.75) is 24.9 Å². The third-order valence-electron chi connectivity index (χ3n) is 6.79. The van der Waals surface area contributed by atoms with Gasteiger partial charge in [0.05, 0.1) is 5.92 Å². The highest BCUT2D eigenvalue weighted by molar-refractivity contribution is 6.31. The Morgan fingerprint density at radius 3 is 2.47 bits per heavy atom. The van der Waals surface area contributed by atoms with Crippen LogP contribution in [0.5, 0.6) is 0 Å². The van der Waals surface area contributed by atoms with E-state index in [-0.39, 0.29) is 42.1 Å². The van der Waals surface area contributed by atoms with Gasteiger partial charge in [0.15, 0.2) is 0 Å². The molecule has 4 heterocycles. The first kappa shape index (κ1) is 22.8. The number of anilines is 1. The molecule has 3 saturated heterocycles. The molecule has 2 aromatic rings. The fourth-order valence-corrected chi connectivity index (χ4v) is 5.10. The molecular formula is C24H27ClN6O3. The monoisotopic (exact) mass is 482 g/mol. The molecule has 0 saturated carbocycles. The first-order valence-electron chi connectivity index (χ1n) is 11.5. The molecule has 2 N–H and O–H groups in total. The van der Waals surface area contributed by atoms with Crippen LogP contribution in [-0.4, -0.2) is 71.3 Å². The molecule has 1 aromatic carbocycles. The molecule has 3 aliphatic rings. The minimum absolute atomic E-state index is 0.0257. The third-order valence-corrected chi connectivity index (χ3v) is 7.02. The SMILES string of the molecule is O=C(C1CC(=O)N(c2cccc(Cl)c2)C1)N1CCN(C(=O)C2CC(c3cccnc3)NN2)CC1. The average Bonchev–Trinajstić information content (AvgIpc) is 3.51. The van der Waals surface area contributed by atoms with Crippen LogP contribution < -0.4 is 15.8 Å². The van der Waals surface area contributed by atoms with Crippen LogP contribution in [0.2, 0.25) is 5.02 Å². The van der Waals surface area contributed by atoms with Gasteiger partial charge in [-0.1, -0.05) is 23.7 Å². The number of carbonyl (C=O) groups is 3. The summed E-state index contributed by atoms with van der Waals surface area (Å²) in [6.07, 6.45) is 4.37. The van der Waals surface area contributed by atoms with E-state index in [9.17, 15) is 14.4 Å². The number of nitrogens with one attached hydrogen (secondary N) is 2. The van der Waals surface area contributed by atoms with Gasteiger partial charge in [-0.15, -0.1) is 0 Å². The average molecular weight is 483 g/mol. The van der Waals surface area contributed by atoms with E-state index in [1.54, 1.807) is 40.4 Å². The summed E-state index contributed by atoms with van der Waals surface area (Å²) >= 11 is 6.06. The molecule has 3 aliphatic heterocycles. The maximum atomic E-state index is 13.1. The van der Waals surface area contributed by atoms with Gasteiger partial charge < -0.3 is 14.7 Å². The smallest absolute Gasteiger partial charge is 0.241 e. The van der Waals surface area contributed by atoms with E-state index < -0.39 is 0 Å². The predicted octanol–water partition coefficient (Wildman–Crippen LogP) is 1.37. The number of amides is 3. The van der Waals surface area contributed by atoms with Crippen LogP contribution in [0.15, 0.2) is 48.8 Å². The number of hydrogen-bond acceptors (Lipinski definition) is 6. The van der Waals surface area contributed by atoms with Crippen LogP contribution in [0.3, 0.4) is 0 Å². The second-order valence-corrected chi connectivity index (χ2v) is 9.39. The molecule has 3 fully saturated rings. The molecule has 9 nitrogen and oxygen atoms in total. The lowest BCUT2D eigenvalue weighted by atomic mass is 10.0. The second-order valence-electron chi connectivity index (χ2n) is 8.95. The van der Waals surface area contributed by atoms with Crippen LogP contribution in [0, 0.1) is 5.92 Å². The van der Waals surface area contributed by atoms with Gasteiger partial charge in [-0.25, -0.2) is 10.9 Å². The van der Waals surface area contributed by atoms with Gasteiger partial charge in [0.2, 0.25) is 17.7 Å². The third kappa shape index (κ3) is 4.64. The number of pyridine rings is 1. The molecule has 0 aliphatic carbocycles. The minimum Gasteiger partial charge on any atom is -0.339 e.